The number of benzene rings is 2. The molecular weight excluding hydrogens is 359 g/mol. The quantitative estimate of drug-likeness (QED) is 0.738. The third kappa shape index (κ3) is 3.27. The molecule has 0 saturated heterocycles. The first-order chi connectivity index (χ1) is 12.9. The van der Waals surface area contributed by atoms with Gasteiger partial charge < -0.3 is 5.32 Å². The van der Waals surface area contributed by atoms with E-state index in [0.29, 0.717) is 12.2 Å². The molecular formula is C18H14F3N5O. The predicted octanol–water partition coefficient (Wildman–Crippen LogP) is 3.23. The molecule has 1 aliphatic rings. The van der Waals surface area contributed by atoms with Crippen molar-refractivity contribution in [2.75, 3.05) is 0 Å². The number of nitrogens with one attached hydrogen (secondary N) is 2. The molecule has 0 unspecified atom stereocenters. The number of aromatic nitrogens is 4. The van der Waals surface area contributed by atoms with Gasteiger partial charge in [-0.3, -0.25) is 4.79 Å². The molecule has 6 nitrogen and oxygen atoms in total. The summed E-state index contributed by atoms with van der Waals surface area (Å²) in [6.45, 7) is 0. The van der Waals surface area contributed by atoms with Gasteiger partial charge in [-0.2, -0.15) is 13.2 Å². The lowest BCUT2D eigenvalue weighted by atomic mass is 10.0. The van der Waals surface area contributed by atoms with Crippen molar-refractivity contribution in [1.29, 1.82) is 0 Å². The van der Waals surface area contributed by atoms with Crippen molar-refractivity contribution in [3.8, 4) is 0 Å². The van der Waals surface area contributed by atoms with E-state index in [4.69, 9.17) is 0 Å². The van der Waals surface area contributed by atoms with Crippen LogP contribution in [0.5, 0.6) is 0 Å². The number of carbonyl (C=O) groups excluding carboxylic acids is 1. The zero-order valence-electron chi connectivity index (χ0n) is 13.9. The van der Waals surface area contributed by atoms with Crippen molar-refractivity contribution >= 4 is 5.91 Å². The number of nitrogens with zero attached hydrogens (tertiary/aromatic N) is 3. The van der Waals surface area contributed by atoms with Gasteiger partial charge in [-0.05, 0) is 46.2 Å². The molecule has 0 fully saturated rings. The van der Waals surface area contributed by atoms with Gasteiger partial charge in [0.2, 0.25) is 0 Å². The van der Waals surface area contributed by atoms with Crippen LogP contribution in [0.25, 0.3) is 0 Å². The number of halogens is 3. The topological polar surface area (TPSA) is 83.6 Å². The number of tetrazole rings is 1. The lowest BCUT2D eigenvalue weighted by molar-refractivity contribution is -0.137. The molecule has 3 aromatic rings. The average Bonchev–Trinajstić information content (AvgIpc) is 3.29. The highest BCUT2D eigenvalue weighted by Gasteiger charge is 2.35. The van der Waals surface area contributed by atoms with E-state index in [-0.39, 0.29) is 17.5 Å². The molecule has 1 aromatic heterocycles. The number of aromatic amines is 1. The zero-order chi connectivity index (χ0) is 19.0. The van der Waals surface area contributed by atoms with E-state index in [1.165, 1.54) is 12.1 Å². The first-order valence-corrected chi connectivity index (χ1v) is 8.24. The molecule has 9 heteroatoms. The highest BCUT2D eigenvalue weighted by molar-refractivity contribution is 5.94. The maximum Gasteiger partial charge on any atom is 0.416 e. The fourth-order valence-electron chi connectivity index (χ4n) is 3.42. The van der Waals surface area contributed by atoms with Crippen molar-refractivity contribution in [2.24, 2.45) is 0 Å². The minimum absolute atomic E-state index is 0.0351. The maximum absolute atomic E-state index is 12.9. The Labute approximate surface area is 151 Å². The van der Waals surface area contributed by atoms with Gasteiger partial charge in [-0.25, -0.2) is 5.10 Å². The molecule has 138 valence electrons. The maximum atomic E-state index is 12.9. The second kappa shape index (κ2) is 6.49. The Morgan fingerprint density at radius 3 is 2.59 bits per heavy atom. The number of hydrogen-bond donors (Lipinski definition) is 2. The molecule has 0 saturated carbocycles. The minimum atomic E-state index is -4.50. The van der Waals surface area contributed by atoms with E-state index < -0.39 is 17.6 Å². The van der Waals surface area contributed by atoms with Crippen molar-refractivity contribution in [2.45, 2.75) is 24.6 Å². The highest BCUT2D eigenvalue weighted by atomic mass is 19.4. The van der Waals surface area contributed by atoms with Crippen LogP contribution in [0.2, 0.25) is 0 Å². The van der Waals surface area contributed by atoms with Crippen molar-refractivity contribution < 1.29 is 18.0 Å². The molecule has 0 bridgehead atoms. The van der Waals surface area contributed by atoms with Crippen LogP contribution in [-0.4, -0.2) is 26.5 Å². The molecule has 2 atom stereocenters. The summed E-state index contributed by atoms with van der Waals surface area (Å²) in [6, 6.07) is 11.6. The van der Waals surface area contributed by atoms with E-state index in [9.17, 15) is 18.0 Å². The molecule has 1 heterocycles. The third-order valence-electron chi connectivity index (χ3n) is 4.67. The average molecular weight is 373 g/mol. The summed E-state index contributed by atoms with van der Waals surface area (Å²) in [5, 5.41) is 16.7. The molecule has 27 heavy (non-hydrogen) atoms. The Morgan fingerprint density at radius 2 is 1.89 bits per heavy atom. The van der Waals surface area contributed by atoms with Gasteiger partial charge in [0.25, 0.3) is 5.91 Å². The van der Waals surface area contributed by atoms with Crippen LogP contribution >= 0.6 is 0 Å². The van der Waals surface area contributed by atoms with E-state index >= 15 is 0 Å². The van der Waals surface area contributed by atoms with Crippen LogP contribution in [0.15, 0.2) is 48.5 Å². The Balaban J connectivity index is 1.59. The van der Waals surface area contributed by atoms with Gasteiger partial charge in [-0.15, -0.1) is 5.10 Å². The number of amides is 1. The molecule has 1 amide bonds. The fraction of sp³-hybridized carbons (Fsp3) is 0.222. The van der Waals surface area contributed by atoms with Crippen LogP contribution < -0.4 is 5.32 Å². The molecule has 1 aliphatic carbocycles. The van der Waals surface area contributed by atoms with Crippen molar-refractivity contribution in [3.05, 3.63) is 76.6 Å². The second-order valence-corrected chi connectivity index (χ2v) is 6.31. The molecule has 2 N–H and O–H groups in total. The van der Waals surface area contributed by atoms with E-state index in [0.717, 1.165) is 23.3 Å². The highest BCUT2D eigenvalue weighted by Crippen LogP contribution is 2.42. The Hall–Kier alpha value is -3.23. The SMILES string of the molecule is O=C(N[C@@H]1C[C@H](c2nnn[nH]2)c2ccccc21)c1cccc(C(F)(F)F)c1. The minimum Gasteiger partial charge on any atom is -0.345 e. The van der Waals surface area contributed by atoms with Gasteiger partial charge in [0, 0.05) is 11.5 Å². The van der Waals surface area contributed by atoms with Gasteiger partial charge in [-0.1, -0.05) is 30.3 Å². The fourth-order valence-corrected chi connectivity index (χ4v) is 3.42. The summed E-state index contributed by atoms with van der Waals surface area (Å²) in [4.78, 5) is 12.6. The van der Waals surface area contributed by atoms with Crippen LogP contribution in [-0.2, 0) is 6.18 Å². The van der Waals surface area contributed by atoms with Crippen molar-refractivity contribution in [1.82, 2.24) is 25.9 Å². The predicted molar refractivity (Wildman–Crippen MR) is 88.7 cm³/mol. The Morgan fingerprint density at radius 1 is 1.11 bits per heavy atom. The van der Waals surface area contributed by atoms with Gasteiger partial charge >= 0.3 is 6.18 Å². The monoisotopic (exact) mass is 373 g/mol. The summed E-state index contributed by atoms with van der Waals surface area (Å²) >= 11 is 0. The first-order valence-electron chi connectivity index (χ1n) is 8.24. The Bertz CT molecular complexity index is 971. The lowest BCUT2D eigenvalue weighted by Crippen LogP contribution is -2.27. The van der Waals surface area contributed by atoms with Crippen LogP contribution in [0.4, 0.5) is 13.2 Å². The molecule has 0 radical (unpaired) electrons. The lowest BCUT2D eigenvalue weighted by Gasteiger charge is -2.15. The largest absolute Gasteiger partial charge is 0.416 e. The number of carbonyl (C=O) groups is 1. The van der Waals surface area contributed by atoms with Gasteiger partial charge in [0.15, 0.2) is 5.82 Å². The van der Waals surface area contributed by atoms with Crippen LogP contribution in [0.3, 0.4) is 0 Å². The first kappa shape index (κ1) is 17.2. The number of rotatable bonds is 3. The Kier molecular flexibility index (Phi) is 4.14. The van der Waals surface area contributed by atoms with E-state index in [1.54, 1.807) is 0 Å². The summed E-state index contributed by atoms with van der Waals surface area (Å²) in [7, 11) is 0. The van der Waals surface area contributed by atoms with E-state index in [2.05, 4.69) is 25.9 Å². The summed E-state index contributed by atoms with van der Waals surface area (Å²) in [5.41, 5.74) is 0.990. The summed E-state index contributed by atoms with van der Waals surface area (Å²) in [5.74, 6) is -0.0986. The number of alkyl halides is 3. The molecule has 0 spiro atoms. The standard InChI is InChI=1S/C18H14F3N5O/c19-18(20,21)11-5-3-4-10(8-11)17(27)22-15-9-14(16-23-25-26-24-16)12-6-1-2-7-13(12)15/h1-8,14-15H,9H2,(H,22,27)(H,23,24,25,26)/t14-,15+/m0/s1. The van der Waals surface area contributed by atoms with Crippen LogP contribution in [0.1, 0.15) is 51.3 Å². The number of H-pyrrole nitrogens is 1. The molecule has 2 aromatic carbocycles. The third-order valence-corrected chi connectivity index (χ3v) is 4.67. The van der Waals surface area contributed by atoms with E-state index in [1.807, 2.05) is 24.3 Å². The summed E-state index contributed by atoms with van der Waals surface area (Å²) < 4.78 is 38.7. The second-order valence-electron chi connectivity index (χ2n) is 6.31. The number of hydrogen-bond acceptors (Lipinski definition) is 4. The summed E-state index contributed by atoms with van der Waals surface area (Å²) in [6.07, 6.45) is -3.98. The normalized spacial score (nSPS) is 18.9. The van der Waals surface area contributed by atoms with Crippen molar-refractivity contribution in [3.63, 3.8) is 0 Å². The smallest absolute Gasteiger partial charge is 0.345 e. The number of fused-ring (bicyclic) bond motifs is 1. The van der Waals surface area contributed by atoms with Gasteiger partial charge in [0.1, 0.15) is 0 Å². The molecule has 0 aliphatic heterocycles. The van der Waals surface area contributed by atoms with Gasteiger partial charge in [0.05, 0.1) is 11.6 Å². The molecule has 4 rings (SSSR count). The zero-order valence-corrected chi connectivity index (χ0v) is 13.9. The van der Waals surface area contributed by atoms with Crippen LogP contribution in [0, 0.1) is 0 Å².